The van der Waals surface area contributed by atoms with Crippen LogP contribution in [0.2, 0.25) is 5.02 Å². The minimum absolute atomic E-state index is 0.0176. The minimum atomic E-state index is -0.610. The predicted molar refractivity (Wildman–Crippen MR) is 165 cm³/mol. The van der Waals surface area contributed by atoms with Gasteiger partial charge in [-0.05, 0) is 78.8 Å². The number of para-hydroxylation sites is 1. The van der Waals surface area contributed by atoms with Crippen molar-refractivity contribution < 1.29 is 9.53 Å². The zero-order chi connectivity index (χ0) is 28.2. The molecule has 0 bridgehead atoms. The lowest BCUT2D eigenvalue weighted by Crippen LogP contribution is -2.50. The molecule has 1 fully saturated rings. The highest BCUT2D eigenvalue weighted by atomic mass is 35.5. The zero-order valence-electron chi connectivity index (χ0n) is 24.2. The van der Waals surface area contributed by atoms with Gasteiger partial charge < -0.3 is 14.6 Å². The summed E-state index contributed by atoms with van der Waals surface area (Å²) < 4.78 is 8.00. The number of nitrogens with one attached hydrogen (secondary N) is 1. The van der Waals surface area contributed by atoms with Gasteiger partial charge in [0.25, 0.3) is 0 Å². The number of carbonyl (C=O) groups excluding carboxylic acids is 1. The van der Waals surface area contributed by atoms with Crippen molar-refractivity contribution in [2.75, 3.05) is 19.0 Å². The van der Waals surface area contributed by atoms with Gasteiger partial charge in [-0.1, -0.05) is 69.1 Å². The van der Waals surface area contributed by atoms with E-state index in [2.05, 4.69) is 80.0 Å². The molecule has 1 aromatic heterocycles. The minimum Gasteiger partial charge on any atom is -0.469 e. The van der Waals surface area contributed by atoms with Crippen molar-refractivity contribution in [1.82, 2.24) is 4.57 Å². The van der Waals surface area contributed by atoms with Gasteiger partial charge >= 0.3 is 5.97 Å². The molecule has 5 heteroatoms. The maximum atomic E-state index is 13.6. The number of nitrogens with zero attached hydrogens (tertiary/aromatic N) is 1. The first-order valence-corrected chi connectivity index (χ1v) is 14.9. The molecular weight excluding hydrogens is 516 g/mol. The topological polar surface area (TPSA) is 43.3 Å². The highest BCUT2D eigenvalue weighted by Crippen LogP contribution is 2.65. The molecule has 40 heavy (non-hydrogen) atoms. The molecule has 0 amide bonds. The molecule has 4 nitrogen and oxygen atoms in total. The van der Waals surface area contributed by atoms with Gasteiger partial charge in [-0.3, -0.25) is 4.79 Å². The van der Waals surface area contributed by atoms with Crippen molar-refractivity contribution in [1.29, 1.82) is 0 Å². The van der Waals surface area contributed by atoms with E-state index in [4.69, 9.17) is 16.3 Å². The Morgan fingerprint density at radius 2 is 1.82 bits per heavy atom. The third kappa shape index (κ3) is 4.06. The molecule has 1 unspecified atom stereocenters. The van der Waals surface area contributed by atoms with Crippen molar-refractivity contribution in [3.05, 3.63) is 88.4 Å². The van der Waals surface area contributed by atoms with Crippen LogP contribution in [0.4, 0.5) is 5.69 Å². The largest absolute Gasteiger partial charge is 0.469 e. The summed E-state index contributed by atoms with van der Waals surface area (Å²) in [7, 11) is 1.54. The van der Waals surface area contributed by atoms with Crippen LogP contribution in [-0.4, -0.2) is 24.2 Å². The van der Waals surface area contributed by atoms with Gasteiger partial charge in [0.1, 0.15) is 0 Å². The number of aromatic nitrogens is 1. The monoisotopic (exact) mass is 554 g/mol. The Bertz CT molecular complexity index is 1590. The maximum absolute atomic E-state index is 13.6. The lowest BCUT2D eigenvalue weighted by atomic mass is 9.49. The molecule has 4 aromatic rings. The summed E-state index contributed by atoms with van der Waals surface area (Å²) in [5, 5.41) is 5.57. The van der Waals surface area contributed by atoms with Crippen LogP contribution in [-0.2, 0) is 21.5 Å². The number of rotatable bonds is 6. The van der Waals surface area contributed by atoms with Crippen molar-refractivity contribution in [2.45, 2.75) is 70.8 Å². The Morgan fingerprint density at radius 3 is 2.55 bits per heavy atom. The molecule has 1 N–H and O–H groups in total. The van der Waals surface area contributed by atoms with Crippen molar-refractivity contribution in [2.24, 2.45) is 5.41 Å². The third-order valence-corrected chi connectivity index (χ3v) is 9.96. The van der Waals surface area contributed by atoms with Crippen LogP contribution in [0.3, 0.4) is 0 Å². The maximum Gasteiger partial charge on any atom is 0.312 e. The molecule has 1 heterocycles. The standard InChI is InChI=1S/C35H39ClN2O2/c1-22(2)23-11-16-28-27(21-23)31-30(32-34(28,3)17-8-18-35(32,4)33(39)40-5)26-9-6-7-10-29(26)38(31)20-19-37-25-14-12-24(36)13-15-25/h6-7,9-16,21-22,32,37H,8,17-20H2,1-5H3/t32?,34-,35-/m1/s1. The van der Waals surface area contributed by atoms with Gasteiger partial charge in [0.2, 0.25) is 0 Å². The lowest BCUT2D eigenvalue weighted by Gasteiger charge is -2.54. The van der Waals surface area contributed by atoms with E-state index in [-0.39, 0.29) is 17.3 Å². The molecule has 1 saturated carbocycles. The van der Waals surface area contributed by atoms with Crippen LogP contribution in [0.25, 0.3) is 22.2 Å². The van der Waals surface area contributed by atoms with Crippen LogP contribution in [0.1, 0.15) is 75.5 Å². The molecule has 3 atom stereocenters. The second-order valence-electron chi connectivity index (χ2n) is 12.4. The van der Waals surface area contributed by atoms with Crippen LogP contribution in [0.5, 0.6) is 0 Å². The quantitative estimate of drug-likeness (QED) is 0.242. The van der Waals surface area contributed by atoms with E-state index in [1.807, 2.05) is 24.3 Å². The molecule has 3 aromatic carbocycles. The van der Waals surface area contributed by atoms with Crippen LogP contribution in [0.15, 0.2) is 66.7 Å². The number of halogens is 1. The molecule has 6 rings (SSSR count). The van der Waals surface area contributed by atoms with Gasteiger partial charge in [0.05, 0.1) is 18.2 Å². The zero-order valence-corrected chi connectivity index (χ0v) is 24.9. The number of hydrogen-bond donors (Lipinski definition) is 1. The number of esters is 1. The van der Waals surface area contributed by atoms with Gasteiger partial charge in [-0.25, -0.2) is 0 Å². The summed E-state index contributed by atoms with van der Waals surface area (Å²) >= 11 is 6.11. The normalized spacial score (nSPS) is 23.4. The number of benzene rings is 3. The second-order valence-corrected chi connectivity index (χ2v) is 12.9. The highest BCUT2D eigenvalue weighted by Gasteiger charge is 2.58. The van der Waals surface area contributed by atoms with Gasteiger partial charge in [0, 0.05) is 51.6 Å². The molecule has 0 saturated heterocycles. The number of carbonyl (C=O) groups is 1. The number of hydrogen-bond acceptors (Lipinski definition) is 3. The summed E-state index contributed by atoms with van der Waals surface area (Å²) in [5.41, 5.74) is 8.08. The number of fused-ring (bicyclic) bond motifs is 8. The van der Waals surface area contributed by atoms with E-state index >= 15 is 0 Å². The van der Waals surface area contributed by atoms with Crippen molar-refractivity contribution in [3.8, 4) is 11.3 Å². The first-order chi connectivity index (χ1) is 19.2. The Morgan fingerprint density at radius 1 is 1.07 bits per heavy atom. The highest BCUT2D eigenvalue weighted by molar-refractivity contribution is 6.30. The summed E-state index contributed by atoms with van der Waals surface area (Å²) in [4.78, 5) is 13.6. The average Bonchev–Trinajstić information content (AvgIpc) is 3.27. The van der Waals surface area contributed by atoms with Crippen molar-refractivity contribution >= 4 is 34.2 Å². The van der Waals surface area contributed by atoms with E-state index in [1.165, 1.54) is 46.0 Å². The molecular formula is C35H39ClN2O2. The SMILES string of the molecule is COC(=O)[C@]1(C)CCC[C@]2(C)c3ccc(C(C)C)cc3-c3c(c4ccccc4n3CCNc3ccc(Cl)cc3)C12. The van der Waals surface area contributed by atoms with Crippen LogP contribution in [0, 0.1) is 5.41 Å². The van der Waals surface area contributed by atoms with Crippen LogP contribution < -0.4 is 5.32 Å². The molecule has 0 spiro atoms. The Balaban J connectivity index is 1.59. The fraction of sp³-hybridized carbons (Fsp3) is 0.400. The predicted octanol–water partition coefficient (Wildman–Crippen LogP) is 8.92. The summed E-state index contributed by atoms with van der Waals surface area (Å²) in [6.07, 6.45) is 2.88. The van der Waals surface area contributed by atoms with E-state index in [0.717, 1.165) is 43.1 Å². The molecule has 0 aliphatic heterocycles. The Hall–Kier alpha value is -3.24. The summed E-state index contributed by atoms with van der Waals surface area (Å²) in [6.45, 7) is 10.6. The Labute approximate surface area is 242 Å². The Kier molecular flexibility index (Phi) is 6.73. The number of ether oxygens (including phenoxy) is 1. The smallest absolute Gasteiger partial charge is 0.312 e. The number of anilines is 1. The third-order valence-electron chi connectivity index (χ3n) is 9.71. The van der Waals surface area contributed by atoms with E-state index in [0.29, 0.717) is 5.92 Å². The first-order valence-electron chi connectivity index (χ1n) is 14.5. The van der Waals surface area contributed by atoms with E-state index < -0.39 is 5.41 Å². The fourth-order valence-corrected chi connectivity index (χ4v) is 7.96. The molecule has 0 radical (unpaired) electrons. The molecule has 208 valence electrons. The first kappa shape index (κ1) is 27.0. The van der Waals surface area contributed by atoms with Gasteiger partial charge in [-0.2, -0.15) is 0 Å². The second kappa shape index (κ2) is 9.99. The van der Waals surface area contributed by atoms with Gasteiger partial charge in [0.15, 0.2) is 0 Å². The molecule has 2 aliphatic carbocycles. The van der Waals surface area contributed by atoms with Crippen LogP contribution >= 0.6 is 11.6 Å². The van der Waals surface area contributed by atoms with E-state index in [1.54, 1.807) is 0 Å². The molecule has 2 aliphatic rings. The average molecular weight is 555 g/mol. The van der Waals surface area contributed by atoms with Crippen molar-refractivity contribution in [3.63, 3.8) is 0 Å². The van der Waals surface area contributed by atoms with E-state index in [9.17, 15) is 4.79 Å². The number of methoxy groups -OCH3 is 1. The summed E-state index contributed by atoms with van der Waals surface area (Å²) in [6, 6.07) is 23.7. The fourth-order valence-electron chi connectivity index (χ4n) is 7.83. The summed E-state index contributed by atoms with van der Waals surface area (Å²) in [5.74, 6) is 0.345. The van der Waals surface area contributed by atoms with Gasteiger partial charge in [-0.15, -0.1) is 0 Å². The lowest BCUT2D eigenvalue weighted by molar-refractivity contribution is -0.157.